The summed E-state index contributed by atoms with van der Waals surface area (Å²) >= 11 is 0. The minimum atomic E-state index is -0.918. The van der Waals surface area contributed by atoms with Gasteiger partial charge in [0.05, 0.1) is 29.5 Å². The summed E-state index contributed by atoms with van der Waals surface area (Å²) < 4.78 is 6.37. The highest BCUT2D eigenvalue weighted by molar-refractivity contribution is 5.20. The quantitative estimate of drug-likeness (QED) is 0.477. The zero-order valence-electron chi connectivity index (χ0n) is 23.2. The van der Waals surface area contributed by atoms with Gasteiger partial charge in [-0.3, -0.25) is 0 Å². The molecule has 4 saturated carbocycles. The molecule has 0 aromatic rings. The smallest absolute Gasteiger partial charge is 0.0912 e. The molecule has 4 nitrogen and oxygen atoms in total. The molecule has 0 amide bonds. The molecule has 3 unspecified atom stereocenters. The van der Waals surface area contributed by atoms with Crippen molar-refractivity contribution in [3.05, 3.63) is 0 Å². The zero-order chi connectivity index (χ0) is 25.1. The van der Waals surface area contributed by atoms with Crippen molar-refractivity contribution in [2.75, 3.05) is 0 Å². The van der Waals surface area contributed by atoms with Crippen LogP contribution in [0.25, 0.3) is 0 Å². The van der Waals surface area contributed by atoms with Crippen molar-refractivity contribution in [2.24, 2.45) is 45.3 Å². The molecule has 0 aromatic heterocycles. The second kappa shape index (κ2) is 7.45. The molecule has 0 spiro atoms. The SMILES string of the molecule is CC1(C)CC[C@@H]([C@](C)(O)[C@H]2CC[C@]3(C)C2[C@H](O)CC2[C@@]4(C)CC[C@H](O)C(C)(C)C4CC[C@]23C)O1. The van der Waals surface area contributed by atoms with E-state index in [1.165, 1.54) is 0 Å². The molecule has 1 saturated heterocycles. The fourth-order valence-corrected chi connectivity index (χ4v) is 11.0. The molecule has 11 atom stereocenters. The topological polar surface area (TPSA) is 69.9 Å². The lowest BCUT2D eigenvalue weighted by molar-refractivity contribution is -0.250. The third-order valence-electron chi connectivity index (χ3n) is 13.2. The Bertz CT molecular complexity index is 819. The van der Waals surface area contributed by atoms with E-state index < -0.39 is 5.60 Å². The monoisotopic (exact) mass is 476 g/mol. The molecule has 5 aliphatic rings. The summed E-state index contributed by atoms with van der Waals surface area (Å²) in [6, 6.07) is 0. The maximum absolute atomic E-state index is 12.0. The molecule has 34 heavy (non-hydrogen) atoms. The van der Waals surface area contributed by atoms with E-state index in [-0.39, 0.29) is 57.4 Å². The van der Waals surface area contributed by atoms with E-state index in [1.54, 1.807) is 0 Å². The summed E-state index contributed by atoms with van der Waals surface area (Å²) in [5.41, 5.74) is -0.884. The molecule has 1 aliphatic heterocycles. The number of hydrogen-bond acceptors (Lipinski definition) is 4. The number of hydrogen-bond donors (Lipinski definition) is 3. The van der Waals surface area contributed by atoms with Crippen LogP contribution >= 0.6 is 0 Å². The molecule has 4 aliphatic carbocycles. The summed E-state index contributed by atoms with van der Waals surface area (Å²) in [5, 5.41) is 34.7. The van der Waals surface area contributed by atoms with E-state index in [0.29, 0.717) is 11.8 Å². The van der Waals surface area contributed by atoms with Gasteiger partial charge in [-0.05, 0) is 124 Å². The van der Waals surface area contributed by atoms with Crippen LogP contribution in [0.4, 0.5) is 0 Å². The fourth-order valence-electron chi connectivity index (χ4n) is 11.0. The highest BCUT2D eigenvalue weighted by atomic mass is 16.5. The van der Waals surface area contributed by atoms with Gasteiger partial charge in [0.15, 0.2) is 0 Å². The average molecular weight is 477 g/mol. The first-order valence-corrected chi connectivity index (χ1v) is 14.3. The van der Waals surface area contributed by atoms with Crippen molar-refractivity contribution < 1.29 is 20.1 Å². The Morgan fingerprint density at radius 3 is 2.03 bits per heavy atom. The normalized spacial score (nSPS) is 55.7. The van der Waals surface area contributed by atoms with Gasteiger partial charge >= 0.3 is 0 Å². The highest BCUT2D eigenvalue weighted by Gasteiger charge is 2.71. The molecule has 5 rings (SSSR count). The fraction of sp³-hybridized carbons (Fsp3) is 1.00. The number of aliphatic hydroxyl groups is 3. The summed E-state index contributed by atoms with van der Waals surface area (Å²) in [4.78, 5) is 0. The first-order valence-electron chi connectivity index (χ1n) is 14.3. The van der Waals surface area contributed by atoms with Gasteiger partial charge in [0.25, 0.3) is 0 Å². The van der Waals surface area contributed by atoms with Crippen LogP contribution < -0.4 is 0 Å². The molecular formula is C30H52O4. The second-order valence-electron chi connectivity index (χ2n) is 15.5. The summed E-state index contributed by atoms with van der Waals surface area (Å²) in [6.07, 6.45) is 8.24. The van der Waals surface area contributed by atoms with Gasteiger partial charge in [0.1, 0.15) is 0 Å². The average Bonchev–Trinajstić information content (AvgIpc) is 3.29. The Kier molecular flexibility index (Phi) is 5.59. The Labute approximate surface area is 208 Å². The van der Waals surface area contributed by atoms with Crippen molar-refractivity contribution in [3.63, 3.8) is 0 Å². The predicted octanol–water partition coefficient (Wildman–Crippen LogP) is 5.71. The van der Waals surface area contributed by atoms with Crippen LogP contribution in [0.3, 0.4) is 0 Å². The minimum Gasteiger partial charge on any atom is -0.393 e. The molecular weight excluding hydrogens is 424 g/mol. The van der Waals surface area contributed by atoms with E-state index in [2.05, 4.69) is 48.5 Å². The van der Waals surface area contributed by atoms with Crippen LogP contribution in [0.5, 0.6) is 0 Å². The number of aliphatic hydroxyl groups excluding tert-OH is 2. The molecule has 5 fully saturated rings. The van der Waals surface area contributed by atoms with Crippen LogP contribution in [0.1, 0.15) is 113 Å². The molecule has 4 heteroatoms. The largest absolute Gasteiger partial charge is 0.393 e. The third kappa shape index (κ3) is 3.16. The second-order valence-corrected chi connectivity index (χ2v) is 15.5. The summed E-state index contributed by atoms with van der Waals surface area (Å²) in [6.45, 7) is 18.3. The highest BCUT2D eigenvalue weighted by Crippen LogP contribution is 2.75. The van der Waals surface area contributed by atoms with Crippen LogP contribution in [0.15, 0.2) is 0 Å². The standard InChI is InChI=1S/C30H52O4/c1-25(2)13-12-23(34-25)30(8,33)18-9-15-29(7)24(18)19(31)17-21-27(5)14-11-22(32)26(3,4)20(27)10-16-28(21,29)6/h18-24,31-33H,9-17H2,1-8H3/t18-,19+,20?,21?,22-,23-,24?,27-,28+,29+,30+/m0/s1. The van der Waals surface area contributed by atoms with Gasteiger partial charge in [-0.2, -0.15) is 0 Å². The van der Waals surface area contributed by atoms with Gasteiger partial charge < -0.3 is 20.1 Å². The third-order valence-corrected chi connectivity index (χ3v) is 13.2. The van der Waals surface area contributed by atoms with Crippen LogP contribution in [-0.4, -0.2) is 44.8 Å². The van der Waals surface area contributed by atoms with E-state index in [4.69, 9.17) is 4.74 Å². The summed E-state index contributed by atoms with van der Waals surface area (Å²) in [5.74, 6) is 1.12. The van der Waals surface area contributed by atoms with E-state index in [0.717, 1.165) is 57.8 Å². The first-order chi connectivity index (χ1) is 15.5. The van der Waals surface area contributed by atoms with Crippen molar-refractivity contribution in [2.45, 2.75) is 143 Å². The van der Waals surface area contributed by atoms with Crippen molar-refractivity contribution >= 4 is 0 Å². The van der Waals surface area contributed by atoms with Crippen LogP contribution in [-0.2, 0) is 4.74 Å². The lowest BCUT2D eigenvalue weighted by Crippen LogP contribution is -2.67. The van der Waals surface area contributed by atoms with Gasteiger partial charge in [-0.25, -0.2) is 0 Å². The van der Waals surface area contributed by atoms with Gasteiger partial charge in [-0.15, -0.1) is 0 Å². The molecule has 0 bridgehead atoms. The van der Waals surface area contributed by atoms with Gasteiger partial charge in [-0.1, -0.05) is 34.6 Å². The molecule has 196 valence electrons. The van der Waals surface area contributed by atoms with Crippen molar-refractivity contribution in [1.82, 2.24) is 0 Å². The molecule has 3 N–H and O–H groups in total. The lowest BCUT2D eigenvalue weighted by atomic mass is 9.35. The maximum Gasteiger partial charge on any atom is 0.0912 e. The number of fused-ring (bicyclic) bond motifs is 5. The number of ether oxygens (including phenoxy) is 1. The number of rotatable bonds is 2. The van der Waals surface area contributed by atoms with E-state index in [1.807, 2.05) is 6.92 Å². The van der Waals surface area contributed by atoms with Crippen LogP contribution in [0.2, 0.25) is 0 Å². The van der Waals surface area contributed by atoms with Crippen molar-refractivity contribution in [3.8, 4) is 0 Å². The minimum absolute atomic E-state index is 0.00625. The van der Waals surface area contributed by atoms with Gasteiger partial charge in [0, 0.05) is 0 Å². The Morgan fingerprint density at radius 2 is 1.41 bits per heavy atom. The van der Waals surface area contributed by atoms with E-state index in [9.17, 15) is 15.3 Å². The van der Waals surface area contributed by atoms with E-state index >= 15 is 0 Å². The predicted molar refractivity (Wildman–Crippen MR) is 135 cm³/mol. The lowest BCUT2D eigenvalue weighted by Gasteiger charge is -2.70. The molecule has 0 radical (unpaired) electrons. The molecule has 1 heterocycles. The van der Waals surface area contributed by atoms with Crippen molar-refractivity contribution in [1.29, 1.82) is 0 Å². The Hall–Kier alpha value is -0.160. The zero-order valence-corrected chi connectivity index (χ0v) is 23.2. The Morgan fingerprint density at radius 1 is 0.765 bits per heavy atom. The summed E-state index contributed by atoms with van der Waals surface area (Å²) in [7, 11) is 0. The maximum atomic E-state index is 12.0. The molecule has 0 aromatic carbocycles. The van der Waals surface area contributed by atoms with Crippen LogP contribution in [0, 0.1) is 45.3 Å². The first kappa shape index (κ1) is 25.5. The Balaban J connectivity index is 1.49. The van der Waals surface area contributed by atoms with Gasteiger partial charge in [0.2, 0.25) is 0 Å².